The largest absolute Gasteiger partial charge is 0.338 e. The van der Waals surface area contributed by atoms with Crippen LogP contribution < -0.4 is 0 Å². The standard InChI is InChI=1S/C18H19N5OS/c1-2-23(12-14-6-4-3-5-7-14)16(24)13-25-18-20-17(21-22-18)15-8-10-19-11-9-15/h3-11H,2,12-13H2,1H3,(H,20,21,22). The van der Waals surface area contributed by atoms with Crippen molar-refractivity contribution in [1.29, 1.82) is 0 Å². The summed E-state index contributed by atoms with van der Waals surface area (Å²) in [7, 11) is 0. The predicted molar refractivity (Wildman–Crippen MR) is 97.9 cm³/mol. The van der Waals surface area contributed by atoms with Gasteiger partial charge in [-0.1, -0.05) is 42.1 Å². The Morgan fingerprint density at radius 2 is 1.92 bits per heavy atom. The van der Waals surface area contributed by atoms with E-state index in [4.69, 9.17) is 0 Å². The van der Waals surface area contributed by atoms with Gasteiger partial charge in [-0.15, -0.1) is 5.10 Å². The molecule has 2 aromatic heterocycles. The van der Waals surface area contributed by atoms with E-state index in [2.05, 4.69) is 20.2 Å². The molecular formula is C18H19N5OS. The summed E-state index contributed by atoms with van der Waals surface area (Å²) in [5.74, 6) is 1.06. The Hall–Kier alpha value is -2.67. The minimum absolute atomic E-state index is 0.0756. The summed E-state index contributed by atoms with van der Waals surface area (Å²) in [5.41, 5.74) is 2.04. The number of H-pyrrole nitrogens is 1. The van der Waals surface area contributed by atoms with Gasteiger partial charge in [-0.3, -0.25) is 14.9 Å². The number of hydrogen-bond acceptors (Lipinski definition) is 5. The average molecular weight is 353 g/mol. The number of carbonyl (C=O) groups is 1. The normalized spacial score (nSPS) is 10.6. The van der Waals surface area contributed by atoms with Crippen LogP contribution in [-0.4, -0.2) is 43.3 Å². The monoisotopic (exact) mass is 353 g/mol. The molecule has 0 fully saturated rings. The van der Waals surface area contributed by atoms with Gasteiger partial charge in [0.15, 0.2) is 5.82 Å². The molecule has 2 heterocycles. The minimum Gasteiger partial charge on any atom is -0.338 e. The number of amides is 1. The van der Waals surface area contributed by atoms with E-state index in [-0.39, 0.29) is 5.91 Å². The van der Waals surface area contributed by atoms with Crippen molar-refractivity contribution in [3.05, 3.63) is 60.4 Å². The summed E-state index contributed by atoms with van der Waals surface area (Å²) in [6, 6.07) is 13.7. The van der Waals surface area contributed by atoms with Gasteiger partial charge in [0, 0.05) is 31.0 Å². The molecule has 25 heavy (non-hydrogen) atoms. The Balaban J connectivity index is 1.57. The molecule has 3 rings (SSSR count). The summed E-state index contributed by atoms with van der Waals surface area (Å²) in [4.78, 5) is 22.7. The number of aromatic nitrogens is 4. The summed E-state index contributed by atoms with van der Waals surface area (Å²) in [6.45, 7) is 3.28. The number of benzene rings is 1. The molecule has 1 N–H and O–H groups in total. The summed E-state index contributed by atoms with van der Waals surface area (Å²) in [5, 5.41) is 7.63. The van der Waals surface area contributed by atoms with E-state index < -0.39 is 0 Å². The maximum Gasteiger partial charge on any atom is 0.233 e. The SMILES string of the molecule is CCN(Cc1ccccc1)C(=O)CSc1n[nH]c(-c2ccncc2)n1. The van der Waals surface area contributed by atoms with Crippen LogP contribution in [0.15, 0.2) is 60.0 Å². The first-order chi connectivity index (χ1) is 12.3. The van der Waals surface area contributed by atoms with Crippen molar-refractivity contribution in [2.45, 2.75) is 18.6 Å². The molecule has 0 aliphatic carbocycles. The zero-order valence-corrected chi connectivity index (χ0v) is 14.7. The molecule has 0 unspecified atom stereocenters. The van der Waals surface area contributed by atoms with E-state index in [1.807, 2.05) is 54.3 Å². The van der Waals surface area contributed by atoms with Crippen molar-refractivity contribution < 1.29 is 4.79 Å². The third kappa shape index (κ3) is 4.67. The van der Waals surface area contributed by atoms with E-state index in [0.717, 1.165) is 11.1 Å². The molecule has 6 nitrogen and oxygen atoms in total. The summed E-state index contributed by atoms with van der Waals surface area (Å²) < 4.78 is 0. The fraction of sp³-hybridized carbons (Fsp3) is 0.222. The second kappa shape index (κ2) is 8.43. The molecule has 0 radical (unpaired) electrons. The van der Waals surface area contributed by atoms with E-state index in [0.29, 0.717) is 29.8 Å². The van der Waals surface area contributed by atoms with Crippen molar-refractivity contribution in [3.63, 3.8) is 0 Å². The smallest absolute Gasteiger partial charge is 0.233 e. The molecule has 0 aliphatic heterocycles. The fourth-order valence-electron chi connectivity index (χ4n) is 2.35. The zero-order valence-electron chi connectivity index (χ0n) is 13.9. The minimum atomic E-state index is 0.0756. The molecule has 3 aromatic rings. The van der Waals surface area contributed by atoms with Crippen LogP contribution >= 0.6 is 11.8 Å². The van der Waals surface area contributed by atoms with E-state index >= 15 is 0 Å². The molecular weight excluding hydrogens is 334 g/mol. The van der Waals surface area contributed by atoms with Crippen LogP contribution in [0.25, 0.3) is 11.4 Å². The molecule has 0 spiro atoms. The summed E-state index contributed by atoms with van der Waals surface area (Å²) in [6.07, 6.45) is 3.41. The summed E-state index contributed by atoms with van der Waals surface area (Å²) >= 11 is 1.34. The van der Waals surface area contributed by atoms with Crippen molar-refractivity contribution in [3.8, 4) is 11.4 Å². The lowest BCUT2D eigenvalue weighted by molar-refractivity contribution is -0.128. The maximum absolute atomic E-state index is 12.5. The second-order valence-corrected chi connectivity index (χ2v) is 6.33. The van der Waals surface area contributed by atoms with Crippen molar-refractivity contribution in [2.24, 2.45) is 0 Å². The van der Waals surface area contributed by atoms with Crippen LogP contribution in [0.5, 0.6) is 0 Å². The zero-order chi connectivity index (χ0) is 17.5. The molecule has 1 amide bonds. The molecule has 0 atom stereocenters. The highest BCUT2D eigenvalue weighted by molar-refractivity contribution is 7.99. The first-order valence-electron chi connectivity index (χ1n) is 8.03. The highest BCUT2D eigenvalue weighted by atomic mass is 32.2. The first-order valence-corrected chi connectivity index (χ1v) is 9.02. The Morgan fingerprint density at radius 1 is 1.16 bits per heavy atom. The van der Waals surface area contributed by atoms with Gasteiger partial charge in [0.2, 0.25) is 11.1 Å². The predicted octanol–water partition coefficient (Wildman–Crippen LogP) is 3.01. The van der Waals surface area contributed by atoms with Crippen molar-refractivity contribution in [1.82, 2.24) is 25.1 Å². The van der Waals surface area contributed by atoms with Crippen molar-refractivity contribution >= 4 is 17.7 Å². The van der Waals surface area contributed by atoms with Crippen LogP contribution in [0.3, 0.4) is 0 Å². The topological polar surface area (TPSA) is 74.8 Å². The molecule has 0 saturated heterocycles. The Labute approximate surface area is 150 Å². The average Bonchev–Trinajstić information content (AvgIpc) is 3.15. The highest BCUT2D eigenvalue weighted by Gasteiger charge is 2.14. The van der Waals surface area contributed by atoms with E-state index in [1.54, 1.807) is 12.4 Å². The molecule has 1 aromatic carbocycles. The first kappa shape index (κ1) is 17.2. The van der Waals surface area contributed by atoms with Crippen LogP contribution in [-0.2, 0) is 11.3 Å². The van der Waals surface area contributed by atoms with Gasteiger partial charge in [0.05, 0.1) is 5.75 Å². The van der Waals surface area contributed by atoms with E-state index in [1.165, 1.54) is 11.8 Å². The third-order valence-electron chi connectivity index (χ3n) is 3.69. The number of nitrogens with one attached hydrogen (secondary N) is 1. The lowest BCUT2D eigenvalue weighted by Gasteiger charge is -2.20. The molecule has 0 saturated carbocycles. The maximum atomic E-state index is 12.5. The van der Waals surface area contributed by atoms with Gasteiger partial charge >= 0.3 is 0 Å². The number of rotatable bonds is 7. The molecule has 0 aliphatic rings. The number of pyridine rings is 1. The molecule has 7 heteroatoms. The van der Waals surface area contributed by atoms with Gasteiger partial charge in [-0.25, -0.2) is 4.98 Å². The Kier molecular flexibility index (Phi) is 5.79. The van der Waals surface area contributed by atoms with Gasteiger partial charge < -0.3 is 4.90 Å². The third-order valence-corrected chi connectivity index (χ3v) is 4.53. The number of nitrogens with zero attached hydrogens (tertiary/aromatic N) is 4. The Bertz CT molecular complexity index is 807. The van der Waals surface area contributed by atoms with Crippen molar-refractivity contribution in [2.75, 3.05) is 12.3 Å². The number of carbonyl (C=O) groups excluding carboxylic acids is 1. The van der Waals surface area contributed by atoms with Gasteiger partial charge in [0.25, 0.3) is 0 Å². The van der Waals surface area contributed by atoms with Crippen LogP contribution in [0, 0.1) is 0 Å². The van der Waals surface area contributed by atoms with Crippen LogP contribution in [0.2, 0.25) is 0 Å². The van der Waals surface area contributed by atoms with E-state index in [9.17, 15) is 4.79 Å². The molecule has 0 bridgehead atoms. The Morgan fingerprint density at radius 3 is 2.64 bits per heavy atom. The van der Waals surface area contributed by atoms with Crippen LogP contribution in [0.4, 0.5) is 0 Å². The highest BCUT2D eigenvalue weighted by Crippen LogP contribution is 2.19. The quantitative estimate of drug-likeness (QED) is 0.661. The van der Waals surface area contributed by atoms with Crippen LogP contribution in [0.1, 0.15) is 12.5 Å². The second-order valence-electron chi connectivity index (χ2n) is 5.38. The lowest BCUT2D eigenvalue weighted by Crippen LogP contribution is -2.31. The lowest BCUT2D eigenvalue weighted by atomic mass is 10.2. The molecule has 128 valence electrons. The van der Waals surface area contributed by atoms with Gasteiger partial charge in [-0.05, 0) is 24.6 Å². The number of hydrogen-bond donors (Lipinski definition) is 1. The van der Waals surface area contributed by atoms with Gasteiger partial charge in [-0.2, -0.15) is 0 Å². The fourth-order valence-corrected chi connectivity index (χ4v) is 3.05. The number of aromatic amines is 1. The number of thioether (sulfide) groups is 1. The van der Waals surface area contributed by atoms with Gasteiger partial charge in [0.1, 0.15) is 0 Å².